The number of likely N-dealkylation sites (tertiary alicyclic amines) is 1. The van der Waals surface area contributed by atoms with Gasteiger partial charge in [-0.05, 0) is 23.5 Å². The Morgan fingerprint density at radius 1 is 0.885 bits per heavy atom. The fraction of sp³-hybridized carbons (Fsp3) is 0.639. The van der Waals surface area contributed by atoms with Gasteiger partial charge in [-0.2, -0.15) is 0 Å². The van der Waals surface area contributed by atoms with Gasteiger partial charge in [0.15, 0.2) is 0 Å². The van der Waals surface area contributed by atoms with E-state index in [2.05, 4.69) is 15.6 Å². The minimum atomic E-state index is -0.922. The third-order valence-electron chi connectivity index (χ3n) is 8.13. The molecule has 16 heteroatoms. The number of ether oxygens (including phenoxy) is 5. The van der Waals surface area contributed by atoms with Crippen LogP contribution in [-0.2, 0) is 49.4 Å². The summed E-state index contributed by atoms with van der Waals surface area (Å²) in [5.41, 5.74) is 4.05. The lowest BCUT2D eigenvalue weighted by Crippen LogP contribution is -2.57. The van der Waals surface area contributed by atoms with Gasteiger partial charge in [0.2, 0.25) is 17.7 Å². The summed E-state index contributed by atoms with van der Waals surface area (Å²) in [6, 6.07) is 6.06. The molecule has 290 valence electrons. The monoisotopic (exact) mass is 750 g/mol. The minimum Gasteiger partial charge on any atom is -0.481 e. The summed E-state index contributed by atoms with van der Waals surface area (Å²) in [6.07, 6.45) is -0.755. The molecular formula is C36H54N4O11S. The molecule has 1 fully saturated rings. The van der Waals surface area contributed by atoms with Gasteiger partial charge >= 0.3 is 5.97 Å². The minimum absolute atomic E-state index is 0.00277. The normalized spacial score (nSPS) is 16.5. The number of carboxylic acids is 1. The van der Waals surface area contributed by atoms with E-state index in [4.69, 9.17) is 28.8 Å². The Labute approximate surface area is 309 Å². The Morgan fingerprint density at radius 3 is 1.92 bits per heavy atom. The first-order valence-electron chi connectivity index (χ1n) is 17.5. The Balaban J connectivity index is 1.32. The molecule has 4 N–H and O–H groups in total. The molecule has 0 saturated carbocycles. The van der Waals surface area contributed by atoms with Crippen molar-refractivity contribution in [2.45, 2.75) is 71.7 Å². The highest BCUT2D eigenvalue weighted by Crippen LogP contribution is 2.28. The number of nitrogens with zero attached hydrogens (tertiary/aromatic N) is 2. The van der Waals surface area contributed by atoms with Gasteiger partial charge in [0, 0.05) is 25.9 Å². The molecule has 3 rings (SSSR count). The second-order valence-corrected chi connectivity index (χ2v) is 14.3. The molecule has 2 heterocycles. The molecule has 52 heavy (non-hydrogen) atoms. The van der Waals surface area contributed by atoms with E-state index in [1.54, 1.807) is 11.3 Å². The average Bonchev–Trinajstić information content (AvgIpc) is 3.72. The molecule has 1 unspecified atom stereocenters. The Kier molecular flexibility index (Phi) is 18.6. The van der Waals surface area contributed by atoms with E-state index in [1.807, 2.05) is 57.5 Å². The van der Waals surface area contributed by atoms with Crippen molar-refractivity contribution in [3.63, 3.8) is 0 Å². The highest BCUT2D eigenvalue weighted by molar-refractivity contribution is 7.13. The lowest BCUT2D eigenvalue weighted by Gasteiger charge is -2.35. The van der Waals surface area contributed by atoms with Crippen LogP contribution < -0.4 is 10.6 Å². The second kappa shape index (κ2) is 22.5. The van der Waals surface area contributed by atoms with Gasteiger partial charge in [0.25, 0.3) is 0 Å². The van der Waals surface area contributed by atoms with Crippen LogP contribution in [0.5, 0.6) is 0 Å². The predicted octanol–water partition coefficient (Wildman–Crippen LogP) is 2.18. The zero-order valence-electron chi connectivity index (χ0n) is 30.6. The van der Waals surface area contributed by atoms with E-state index in [9.17, 15) is 24.3 Å². The number of benzene rings is 1. The van der Waals surface area contributed by atoms with Crippen molar-refractivity contribution < 1.29 is 53.1 Å². The van der Waals surface area contributed by atoms with Gasteiger partial charge in [-0.1, -0.05) is 45.0 Å². The maximum atomic E-state index is 13.8. The standard InChI is InChI=1S/C36H54N4O11S/c1-25-32(52-24-38-25)27-7-5-26(6-8-27)22-37-34(45)29-21-28(41)23-40(29)35(46)33(36(2,3)4)39-30(42)9-11-47-13-15-49-17-19-51-20-18-50-16-14-48-12-10-31(43)44/h5-8,24,28-29,33,41H,9-23H2,1-4H3,(H,37,45)(H,39,42)(H,43,44)/t28-,29?,33+/m1/s1. The second-order valence-electron chi connectivity index (χ2n) is 13.4. The third-order valence-corrected chi connectivity index (χ3v) is 9.11. The van der Waals surface area contributed by atoms with Crippen LogP contribution in [0.4, 0.5) is 0 Å². The number of carbonyl (C=O) groups is 4. The lowest BCUT2D eigenvalue weighted by molar-refractivity contribution is -0.144. The molecular weight excluding hydrogens is 696 g/mol. The van der Waals surface area contributed by atoms with Crippen molar-refractivity contribution in [2.24, 2.45) is 5.41 Å². The van der Waals surface area contributed by atoms with Crippen molar-refractivity contribution in [2.75, 3.05) is 72.6 Å². The van der Waals surface area contributed by atoms with Gasteiger partial charge in [0.05, 0.1) is 94.7 Å². The quantitative estimate of drug-likeness (QED) is 0.114. The zero-order valence-corrected chi connectivity index (χ0v) is 31.4. The topological polar surface area (TPSA) is 195 Å². The number of hydrogen-bond acceptors (Lipinski definition) is 12. The van der Waals surface area contributed by atoms with Gasteiger partial charge in [-0.25, -0.2) is 4.98 Å². The number of β-amino-alcohol motifs (C(OH)–C–C–N with tert-alkyl or cyclic N) is 1. The highest BCUT2D eigenvalue weighted by atomic mass is 32.1. The first kappa shape index (κ1) is 42.9. The molecule has 1 saturated heterocycles. The fourth-order valence-corrected chi connectivity index (χ4v) is 6.13. The molecule has 3 amide bonds. The van der Waals surface area contributed by atoms with E-state index < -0.39 is 35.5 Å². The predicted molar refractivity (Wildman–Crippen MR) is 193 cm³/mol. The van der Waals surface area contributed by atoms with E-state index in [0.717, 1.165) is 21.7 Å². The van der Waals surface area contributed by atoms with Crippen LogP contribution in [0.25, 0.3) is 10.4 Å². The largest absolute Gasteiger partial charge is 0.481 e. The van der Waals surface area contributed by atoms with Crippen molar-refractivity contribution in [3.05, 3.63) is 41.0 Å². The number of amides is 3. The number of carboxylic acid groups (broad SMARTS) is 1. The Bertz CT molecular complexity index is 1400. The number of carbonyl (C=O) groups excluding carboxylic acids is 3. The summed E-state index contributed by atoms with van der Waals surface area (Å²) in [4.78, 5) is 57.1. The van der Waals surface area contributed by atoms with E-state index >= 15 is 0 Å². The molecule has 0 bridgehead atoms. The maximum absolute atomic E-state index is 13.8. The summed E-state index contributed by atoms with van der Waals surface area (Å²) >= 11 is 1.57. The molecule has 15 nitrogen and oxygen atoms in total. The van der Waals surface area contributed by atoms with Crippen LogP contribution in [0, 0.1) is 12.3 Å². The lowest BCUT2D eigenvalue weighted by atomic mass is 9.85. The number of aliphatic hydroxyl groups excluding tert-OH is 1. The van der Waals surface area contributed by atoms with Crippen LogP contribution in [-0.4, -0.2) is 135 Å². The number of rotatable bonds is 24. The summed E-state index contributed by atoms with van der Waals surface area (Å²) < 4.78 is 26.9. The Hall–Kier alpha value is -3.51. The third kappa shape index (κ3) is 15.2. The van der Waals surface area contributed by atoms with Gasteiger partial charge < -0.3 is 49.4 Å². The highest BCUT2D eigenvalue weighted by Gasteiger charge is 2.44. The molecule has 0 spiro atoms. The van der Waals surface area contributed by atoms with Crippen molar-refractivity contribution in [1.82, 2.24) is 20.5 Å². The molecule has 0 radical (unpaired) electrons. The smallest absolute Gasteiger partial charge is 0.305 e. The first-order valence-corrected chi connectivity index (χ1v) is 18.4. The molecule has 1 aliphatic rings. The number of nitrogens with one attached hydrogen (secondary N) is 2. The van der Waals surface area contributed by atoms with Crippen molar-refractivity contribution in [3.8, 4) is 10.4 Å². The number of aliphatic hydroxyl groups is 1. The summed E-state index contributed by atoms with van der Waals surface area (Å²) in [6.45, 7) is 10.8. The van der Waals surface area contributed by atoms with Gasteiger partial charge in [-0.15, -0.1) is 11.3 Å². The summed E-state index contributed by atoms with van der Waals surface area (Å²) in [5.74, 6) is -2.06. The number of hydrogen-bond donors (Lipinski definition) is 4. The summed E-state index contributed by atoms with van der Waals surface area (Å²) in [7, 11) is 0. The number of thiazole rings is 1. The molecule has 1 aromatic carbocycles. The fourth-order valence-electron chi connectivity index (χ4n) is 5.32. The van der Waals surface area contributed by atoms with Crippen LogP contribution in [0.2, 0.25) is 0 Å². The molecule has 1 aliphatic heterocycles. The Morgan fingerprint density at radius 2 is 1.42 bits per heavy atom. The molecule has 2 aromatic rings. The van der Waals surface area contributed by atoms with Crippen molar-refractivity contribution >= 4 is 35.0 Å². The zero-order chi connectivity index (χ0) is 37.9. The maximum Gasteiger partial charge on any atom is 0.305 e. The average molecular weight is 751 g/mol. The summed E-state index contributed by atoms with van der Waals surface area (Å²) in [5, 5.41) is 24.7. The van der Waals surface area contributed by atoms with Gasteiger partial charge in [-0.3, -0.25) is 19.2 Å². The SMILES string of the molecule is Cc1ncsc1-c1ccc(CNC(=O)C2C[C@@H](O)CN2C(=O)[C@H](NC(=O)CCOCCOCCOCCOCCOCCC(=O)O)C(C)(C)C)cc1. The van der Waals surface area contributed by atoms with Crippen LogP contribution in [0.1, 0.15) is 51.3 Å². The molecule has 3 atom stereocenters. The van der Waals surface area contributed by atoms with E-state index in [1.165, 1.54) is 4.90 Å². The van der Waals surface area contributed by atoms with Crippen LogP contribution >= 0.6 is 11.3 Å². The van der Waals surface area contributed by atoms with E-state index in [0.29, 0.717) is 46.2 Å². The number of aromatic nitrogens is 1. The van der Waals surface area contributed by atoms with Crippen molar-refractivity contribution in [1.29, 1.82) is 0 Å². The van der Waals surface area contributed by atoms with E-state index in [-0.39, 0.29) is 64.0 Å². The van der Waals surface area contributed by atoms with Crippen LogP contribution in [0.3, 0.4) is 0 Å². The first-order chi connectivity index (χ1) is 24.9. The van der Waals surface area contributed by atoms with Crippen LogP contribution in [0.15, 0.2) is 29.8 Å². The number of aliphatic carboxylic acids is 1. The van der Waals surface area contributed by atoms with Gasteiger partial charge in [0.1, 0.15) is 12.1 Å². The number of aryl methyl sites for hydroxylation is 1. The molecule has 0 aliphatic carbocycles. The molecule has 1 aromatic heterocycles.